The van der Waals surface area contributed by atoms with Gasteiger partial charge in [-0.3, -0.25) is 9.59 Å². The molecule has 4 unspecified atom stereocenters. The summed E-state index contributed by atoms with van der Waals surface area (Å²) in [4.78, 5) is 55.5. The van der Waals surface area contributed by atoms with E-state index in [-0.39, 0.29) is 20.4 Å². The predicted octanol–water partition coefficient (Wildman–Crippen LogP) is 14.6. The van der Waals surface area contributed by atoms with Crippen molar-refractivity contribution in [3.05, 3.63) is 182 Å². The van der Waals surface area contributed by atoms with Crippen LogP contribution in [0.1, 0.15) is 210 Å². The van der Waals surface area contributed by atoms with Crippen LogP contribution in [0.4, 0.5) is 0 Å². The van der Waals surface area contributed by atoms with E-state index in [1.807, 2.05) is 26.0 Å². The van der Waals surface area contributed by atoms with Crippen molar-refractivity contribution in [3.8, 4) is 0 Å². The molecule has 8 aliphatic heterocycles. The molecule has 0 aromatic carbocycles. The summed E-state index contributed by atoms with van der Waals surface area (Å²) < 4.78 is 0. The summed E-state index contributed by atoms with van der Waals surface area (Å²) in [6.45, 7) is 43.0. The summed E-state index contributed by atoms with van der Waals surface area (Å²) in [6.07, 6.45) is 29.3. The van der Waals surface area contributed by atoms with Crippen molar-refractivity contribution in [2.45, 2.75) is 226 Å². The molecule has 8 aliphatic rings. The topological polar surface area (TPSA) is 180 Å². The SMILES string of the molecule is C=C/C1=C2N=C(/C=c3\[nH]/c(c(CC)c3CC)=C\C3=NC(=C\C4NC1=C(CC)C4(CC)C(=O)O)/C(CC)=C3CC)C(CC)=C/2CC.C=C/C1=C2N=C(/C=c3\[nH]/c(c(CC)c3CC)=C\C3=NC(=C\C4NC1=C(CC)C4(CC)C(=O)O)/C(CC)=C3CC)C(CC)=C/2CC.[Pd]. The number of carbonyl (C=O) groups is 2. The average Bonchev–Trinajstić information content (AvgIpc) is 1.59. The van der Waals surface area contributed by atoms with Crippen LogP contribution in [0.3, 0.4) is 0 Å². The van der Waals surface area contributed by atoms with E-state index in [1.165, 1.54) is 66.8 Å². The normalized spacial score (nSPS) is 26.7. The molecular weight excluding hydrogens is 1220 g/mol. The molecule has 10 rings (SSSR count). The van der Waals surface area contributed by atoms with Gasteiger partial charge in [0.15, 0.2) is 0 Å². The second-order valence-corrected chi connectivity index (χ2v) is 24.4. The molecular formula is C78H100N8O4Pd. The maximum Gasteiger partial charge on any atom is 0.316 e. The minimum atomic E-state index is -1.12. The van der Waals surface area contributed by atoms with E-state index in [0.717, 1.165) is 178 Å². The molecule has 0 amide bonds. The average molecular weight is 1320 g/mol. The number of hydrogen-bond acceptors (Lipinski definition) is 8. The van der Waals surface area contributed by atoms with E-state index in [4.69, 9.17) is 20.0 Å². The molecule has 0 saturated carbocycles. The Labute approximate surface area is 555 Å². The minimum Gasteiger partial charge on any atom is -0.481 e. The second kappa shape index (κ2) is 28.8. The van der Waals surface area contributed by atoms with Gasteiger partial charge in [0.2, 0.25) is 0 Å². The molecule has 2 aromatic heterocycles. The number of aromatic amines is 2. The zero-order valence-electron chi connectivity index (χ0n) is 57.3. The first-order chi connectivity index (χ1) is 43.4. The number of aliphatic imine (C=N–C) groups is 4. The number of carboxylic acids is 2. The molecule has 0 aliphatic carbocycles. The van der Waals surface area contributed by atoms with Gasteiger partial charge in [-0.05, 0) is 217 Å². The third kappa shape index (κ3) is 11.3. The van der Waals surface area contributed by atoms with Crippen molar-refractivity contribution in [2.75, 3.05) is 0 Å². The van der Waals surface area contributed by atoms with Crippen LogP contribution in [-0.2, 0) is 55.7 Å². The number of hydrogen-bond donors (Lipinski definition) is 6. The molecule has 4 atom stereocenters. The van der Waals surface area contributed by atoms with Gasteiger partial charge in [0, 0.05) is 64.4 Å². The van der Waals surface area contributed by atoms with Crippen LogP contribution < -0.4 is 32.0 Å². The first kappa shape index (κ1) is 69.7. The summed E-state index contributed by atoms with van der Waals surface area (Å²) in [6, 6.07) is -0.950. The summed E-state index contributed by atoms with van der Waals surface area (Å²) in [5.74, 6) is -1.63. The smallest absolute Gasteiger partial charge is 0.316 e. The van der Waals surface area contributed by atoms with E-state index in [2.05, 4.69) is 167 Å². The number of aliphatic carboxylic acids is 2. The Kier molecular flexibility index (Phi) is 22.0. The zero-order valence-corrected chi connectivity index (χ0v) is 58.9. The van der Waals surface area contributed by atoms with Crippen LogP contribution in [0, 0.1) is 10.8 Å². The molecule has 0 radical (unpaired) electrons. The Hall–Kier alpha value is -7.20. The van der Waals surface area contributed by atoms with E-state index in [0.29, 0.717) is 25.7 Å². The van der Waals surface area contributed by atoms with Crippen molar-refractivity contribution < 1.29 is 40.2 Å². The van der Waals surface area contributed by atoms with Gasteiger partial charge in [0.25, 0.3) is 0 Å². The molecule has 13 heteroatoms. The Morgan fingerprint density at radius 2 is 0.692 bits per heavy atom. The van der Waals surface area contributed by atoms with Crippen LogP contribution in [0.2, 0.25) is 0 Å². The molecule has 486 valence electrons. The summed E-state index contributed by atoms with van der Waals surface area (Å²) in [5.41, 5.74) is 25.4. The van der Waals surface area contributed by atoms with Crippen molar-refractivity contribution >= 4 is 59.1 Å². The van der Waals surface area contributed by atoms with Crippen LogP contribution in [0.5, 0.6) is 0 Å². The molecule has 16 bridgehead atoms. The molecule has 0 fully saturated rings. The van der Waals surface area contributed by atoms with Crippen molar-refractivity contribution in [1.82, 2.24) is 20.6 Å². The first-order valence-corrected chi connectivity index (χ1v) is 34.2. The fraction of sp³-hybridized carbons (Fsp3) is 0.462. The van der Waals surface area contributed by atoms with Crippen LogP contribution in [0.25, 0.3) is 24.3 Å². The van der Waals surface area contributed by atoms with Gasteiger partial charge in [-0.15, -0.1) is 0 Å². The van der Waals surface area contributed by atoms with Crippen LogP contribution >= 0.6 is 0 Å². The van der Waals surface area contributed by atoms with Crippen LogP contribution in [-0.4, -0.2) is 67.1 Å². The Morgan fingerprint density at radius 1 is 0.418 bits per heavy atom. The Bertz CT molecular complexity index is 3870. The largest absolute Gasteiger partial charge is 0.481 e. The predicted molar refractivity (Wildman–Crippen MR) is 375 cm³/mol. The molecule has 10 heterocycles. The second-order valence-electron chi connectivity index (χ2n) is 24.4. The number of carboxylic acid groups (broad SMARTS) is 2. The molecule has 2 aromatic rings. The zero-order chi connectivity index (χ0) is 65.3. The molecule has 0 spiro atoms. The Balaban J connectivity index is 0.000000232. The standard InChI is InChI=1S/2C39H50N4O2.Pd/c2*1-10-22-23(11-2)32-20-33-26(14-5)27(15-6)36(42-33)28(16-7)37-29(17-8)39(18-9,38(44)45)35(43-37)21-34-25(13-4)24(12-3)31(41-34)19-30(22)40-32;/h2*16,19-21,35,40,43H,7,10-15,17-18H2,1-6,8-9H3,(H,44,45);/b2*30-19-,32-20-,34-21-,36-28-;. The number of H-pyrrole nitrogens is 2. The van der Waals surface area contributed by atoms with E-state index in [1.54, 1.807) is 0 Å². The molecule has 0 saturated heterocycles. The third-order valence-electron chi connectivity index (χ3n) is 20.8. The van der Waals surface area contributed by atoms with Gasteiger partial charge in [-0.1, -0.05) is 136 Å². The maximum absolute atomic E-state index is 13.4. The van der Waals surface area contributed by atoms with Crippen LogP contribution in [0.15, 0.2) is 158 Å². The number of aromatic nitrogens is 2. The summed E-state index contributed by atoms with van der Waals surface area (Å²) >= 11 is 0. The number of nitrogens with zero attached hydrogens (tertiary/aromatic N) is 4. The third-order valence-corrected chi connectivity index (χ3v) is 20.8. The van der Waals surface area contributed by atoms with Gasteiger partial charge < -0.3 is 30.8 Å². The van der Waals surface area contributed by atoms with Gasteiger partial charge in [-0.25, -0.2) is 20.0 Å². The van der Waals surface area contributed by atoms with E-state index in [9.17, 15) is 19.8 Å². The van der Waals surface area contributed by atoms with Gasteiger partial charge >= 0.3 is 11.9 Å². The van der Waals surface area contributed by atoms with Crippen molar-refractivity contribution in [2.24, 2.45) is 30.8 Å². The summed E-state index contributed by atoms with van der Waals surface area (Å²) in [5, 5.41) is 33.8. The quantitative estimate of drug-likeness (QED) is 0.0718. The van der Waals surface area contributed by atoms with E-state index >= 15 is 0 Å². The monoisotopic (exact) mass is 1320 g/mol. The minimum absolute atomic E-state index is 0. The number of nitrogens with one attached hydrogen (secondary N) is 4. The fourth-order valence-electron chi connectivity index (χ4n) is 16.5. The first-order valence-electron chi connectivity index (χ1n) is 34.2. The van der Waals surface area contributed by atoms with Gasteiger partial charge in [0.1, 0.15) is 10.8 Å². The molecule has 91 heavy (non-hydrogen) atoms. The fourth-order valence-corrected chi connectivity index (χ4v) is 16.5. The number of rotatable bonds is 20. The Morgan fingerprint density at radius 3 is 0.923 bits per heavy atom. The molecule has 6 N–H and O–H groups in total. The van der Waals surface area contributed by atoms with Crippen molar-refractivity contribution in [3.63, 3.8) is 0 Å². The number of fused-ring (bicyclic) bond motifs is 12. The molecule has 12 nitrogen and oxygen atoms in total. The van der Waals surface area contributed by atoms with Crippen molar-refractivity contribution in [1.29, 1.82) is 0 Å². The van der Waals surface area contributed by atoms with E-state index < -0.39 is 34.9 Å². The number of allylic oxidation sites excluding steroid dienone is 10. The maximum atomic E-state index is 13.4. The van der Waals surface area contributed by atoms with Gasteiger partial charge in [0.05, 0.1) is 57.7 Å². The summed E-state index contributed by atoms with van der Waals surface area (Å²) in [7, 11) is 0. The van der Waals surface area contributed by atoms with Gasteiger partial charge in [-0.2, -0.15) is 0 Å².